The largest absolute Gasteiger partial charge is 0.481 e. The fraction of sp³-hybridized carbons (Fsp3) is 0.692. The molecule has 1 aliphatic heterocycles. The van der Waals surface area contributed by atoms with E-state index in [4.69, 9.17) is 5.11 Å². The summed E-state index contributed by atoms with van der Waals surface area (Å²) in [6, 6.07) is -1.36. The molecule has 0 aliphatic carbocycles. The summed E-state index contributed by atoms with van der Waals surface area (Å²) in [5.41, 5.74) is 0. The summed E-state index contributed by atoms with van der Waals surface area (Å²) < 4.78 is 0. The third-order valence-electron chi connectivity index (χ3n) is 3.30. The average Bonchev–Trinajstić information content (AvgIpc) is 2.37. The highest BCUT2D eigenvalue weighted by Gasteiger charge is 2.35. The van der Waals surface area contributed by atoms with Gasteiger partial charge in [-0.3, -0.25) is 19.7 Å². The summed E-state index contributed by atoms with van der Waals surface area (Å²) in [5.74, 6) is -1.85. The summed E-state index contributed by atoms with van der Waals surface area (Å²) in [4.78, 5) is 46.8. The highest BCUT2D eigenvalue weighted by Crippen LogP contribution is 2.10. The van der Waals surface area contributed by atoms with E-state index in [-0.39, 0.29) is 19.0 Å². The highest BCUT2D eigenvalue weighted by atomic mass is 16.4. The van der Waals surface area contributed by atoms with E-state index in [9.17, 15) is 19.2 Å². The van der Waals surface area contributed by atoms with Gasteiger partial charge in [-0.1, -0.05) is 6.92 Å². The number of rotatable bonds is 6. The van der Waals surface area contributed by atoms with Gasteiger partial charge < -0.3 is 15.3 Å². The Bertz CT molecular complexity index is 438. The van der Waals surface area contributed by atoms with Crippen molar-refractivity contribution in [1.82, 2.24) is 15.5 Å². The van der Waals surface area contributed by atoms with Gasteiger partial charge in [0.25, 0.3) is 0 Å². The summed E-state index contributed by atoms with van der Waals surface area (Å²) in [6.07, 6.45) is 1.43. The lowest BCUT2D eigenvalue weighted by atomic mass is 10.1. The van der Waals surface area contributed by atoms with Crippen molar-refractivity contribution in [1.29, 1.82) is 0 Å². The molecule has 8 nitrogen and oxygen atoms in total. The maximum absolute atomic E-state index is 12.1. The maximum atomic E-state index is 12.1. The number of imide groups is 1. The molecule has 1 heterocycles. The van der Waals surface area contributed by atoms with E-state index in [1.807, 2.05) is 0 Å². The van der Waals surface area contributed by atoms with Gasteiger partial charge in [-0.15, -0.1) is 0 Å². The van der Waals surface area contributed by atoms with E-state index in [2.05, 4.69) is 10.6 Å². The molecule has 1 rings (SSSR count). The van der Waals surface area contributed by atoms with Crippen LogP contribution in [0.4, 0.5) is 4.79 Å². The molecule has 1 fully saturated rings. The number of aliphatic carboxylic acids is 1. The number of carbonyl (C=O) groups is 4. The SMILES string of the molecule is CCC1C(=O)NC(=O)CN1C(=O)NC(C)CCCC(=O)O. The van der Waals surface area contributed by atoms with Crippen LogP contribution in [0.25, 0.3) is 0 Å². The Morgan fingerprint density at radius 3 is 2.71 bits per heavy atom. The lowest BCUT2D eigenvalue weighted by Crippen LogP contribution is -2.62. The van der Waals surface area contributed by atoms with Crippen LogP contribution in [-0.4, -0.2) is 52.4 Å². The van der Waals surface area contributed by atoms with E-state index in [0.717, 1.165) is 0 Å². The number of carbonyl (C=O) groups excluding carboxylic acids is 3. The second kappa shape index (κ2) is 7.61. The fourth-order valence-electron chi connectivity index (χ4n) is 2.21. The first-order valence-electron chi connectivity index (χ1n) is 6.97. The van der Waals surface area contributed by atoms with Gasteiger partial charge >= 0.3 is 12.0 Å². The van der Waals surface area contributed by atoms with E-state index in [1.54, 1.807) is 13.8 Å². The summed E-state index contributed by atoms with van der Waals surface area (Å²) >= 11 is 0. The maximum Gasteiger partial charge on any atom is 0.318 e. The Morgan fingerprint density at radius 1 is 1.48 bits per heavy atom. The van der Waals surface area contributed by atoms with Crippen molar-refractivity contribution in [2.75, 3.05) is 6.54 Å². The van der Waals surface area contributed by atoms with Crippen LogP contribution in [-0.2, 0) is 14.4 Å². The van der Waals surface area contributed by atoms with Gasteiger partial charge in [0.05, 0.1) is 0 Å². The van der Waals surface area contributed by atoms with Gasteiger partial charge in [-0.2, -0.15) is 0 Å². The molecule has 0 saturated carbocycles. The Morgan fingerprint density at radius 2 is 2.14 bits per heavy atom. The molecule has 3 N–H and O–H groups in total. The molecule has 2 unspecified atom stereocenters. The highest BCUT2D eigenvalue weighted by molar-refractivity contribution is 6.04. The molecule has 8 heteroatoms. The van der Waals surface area contributed by atoms with Crippen molar-refractivity contribution in [2.24, 2.45) is 0 Å². The molecule has 0 bridgehead atoms. The molecule has 0 radical (unpaired) electrons. The van der Waals surface area contributed by atoms with E-state index in [0.29, 0.717) is 19.3 Å². The zero-order valence-corrected chi connectivity index (χ0v) is 12.2. The second-order valence-corrected chi connectivity index (χ2v) is 5.10. The molecule has 4 amide bonds. The van der Waals surface area contributed by atoms with Gasteiger partial charge in [0, 0.05) is 12.5 Å². The normalized spacial score (nSPS) is 19.9. The summed E-state index contributed by atoms with van der Waals surface area (Å²) in [5, 5.41) is 13.5. The van der Waals surface area contributed by atoms with Crippen molar-refractivity contribution < 1.29 is 24.3 Å². The number of carboxylic acids is 1. The van der Waals surface area contributed by atoms with Gasteiger partial charge in [0.2, 0.25) is 11.8 Å². The third kappa shape index (κ3) is 5.05. The fourth-order valence-corrected chi connectivity index (χ4v) is 2.21. The molecular weight excluding hydrogens is 278 g/mol. The smallest absolute Gasteiger partial charge is 0.318 e. The Kier molecular flexibility index (Phi) is 6.13. The van der Waals surface area contributed by atoms with Crippen LogP contribution in [0, 0.1) is 0 Å². The van der Waals surface area contributed by atoms with Crippen molar-refractivity contribution in [3.8, 4) is 0 Å². The Balaban J connectivity index is 2.54. The monoisotopic (exact) mass is 299 g/mol. The molecule has 2 atom stereocenters. The lowest BCUT2D eigenvalue weighted by Gasteiger charge is -2.34. The lowest BCUT2D eigenvalue weighted by molar-refractivity contribution is -0.139. The minimum absolute atomic E-state index is 0.0440. The number of urea groups is 1. The van der Waals surface area contributed by atoms with Crippen LogP contribution in [0.1, 0.15) is 39.5 Å². The van der Waals surface area contributed by atoms with Gasteiger partial charge in [0.1, 0.15) is 12.6 Å². The number of carboxylic acid groups (broad SMARTS) is 1. The molecular formula is C13H21N3O5. The van der Waals surface area contributed by atoms with Gasteiger partial charge in [0.15, 0.2) is 0 Å². The van der Waals surface area contributed by atoms with Crippen LogP contribution in [0.3, 0.4) is 0 Å². The van der Waals surface area contributed by atoms with Crippen molar-refractivity contribution in [2.45, 2.75) is 51.6 Å². The van der Waals surface area contributed by atoms with Crippen molar-refractivity contribution >= 4 is 23.8 Å². The quantitative estimate of drug-likeness (QED) is 0.600. The minimum atomic E-state index is -0.877. The molecule has 0 aromatic carbocycles. The van der Waals surface area contributed by atoms with Gasteiger partial charge in [-0.25, -0.2) is 4.79 Å². The zero-order valence-electron chi connectivity index (χ0n) is 12.2. The number of piperazine rings is 1. The van der Waals surface area contributed by atoms with E-state index >= 15 is 0 Å². The molecule has 1 aliphatic rings. The summed E-state index contributed by atoms with van der Waals surface area (Å²) in [7, 11) is 0. The van der Waals surface area contributed by atoms with Crippen LogP contribution in [0.2, 0.25) is 0 Å². The number of hydrogen-bond acceptors (Lipinski definition) is 4. The van der Waals surface area contributed by atoms with Crippen molar-refractivity contribution in [3.63, 3.8) is 0 Å². The van der Waals surface area contributed by atoms with Crippen LogP contribution in [0.5, 0.6) is 0 Å². The predicted octanol–water partition coefficient (Wildman–Crippen LogP) is 0.0764. The minimum Gasteiger partial charge on any atom is -0.481 e. The molecule has 0 aromatic rings. The second-order valence-electron chi connectivity index (χ2n) is 5.10. The molecule has 0 aromatic heterocycles. The first kappa shape index (κ1) is 16.9. The average molecular weight is 299 g/mol. The first-order valence-corrected chi connectivity index (χ1v) is 6.97. The number of hydrogen-bond donors (Lipinski definition) is 3. The van der Waals surface area contributed by atoms with E-state index in [1.165, 1.54) is 4.90 Å². The topological polar surface area (TPSA) is 116 Å². The standard InChI is InChI=1S/C13H21N3O5/c1-3-9-12(20)15-10(17)7-16(9)13(21)14-8(2)5-4-6-11(18)19/h8-9H,3-7H2,1-2H3,(H,14,21)(H,18,19)(H,15,17,20). The molecule has 0 spiro atoms. The van der Waals surface area contributed by atoms with Crippen LogP contribution >= 0.6 is 0 Å². The Hall–Kier alpha value is -2.12. The first-order chi connectivity index (χ1) is 9.85. The number of nitrogens with one attached hydrogen (secondary N) is 2. The molecule has 21 heavy (non-hydrogen) atoms. The van der Waals surface area contributed by atoms with E-state index < -0.39 is 29.9 Å². The van der Waals surface area contributed by atoms with Crippen LogP contribution in [0.15, 0.2) is 0 Å². The zero-order chi connectivity index (χ0) is 16.0. The number of amides is 4. The molecule has 1 saturated heterocycles. The predicted molar refractivity (Wildman–Crippen MR) is 73.4 cm³/mol. The summed E-state index contributed by atoms with van der Waals surface area (Å²) in [6.45, 7) is 3.36. The molecule has 118 valence electrons. The van der Waals surface area contributed by atoms with Crippen LogP contribution < -0.4 is 10.6 Å². The Labute approximate surface area is 122 Å². The van der Waals surface area contributed by atoms with Gasteiger partial charge in [-0.05, 0) is 26.2 Å². The third-order valence-corrected chi connectivity index (χ3v) is 3.30. The number of nitrogens with zero attached hydrogens (tertiary/aromatic N) is 1. The van der Waals surface area contributed by atoms with Crippen molar-refractivity contribution in [3.05, 3.63) is 0 Å².